The van der Waals surface area contributed by atoms with Crippen LogP contribution in [0.15, 0.2) is 182 Å². The van der Waals surface area contributed by atoms with Crippen LogP contribution in [0.5, 0.6) is 0 Å². The molecule has 2 heterocycles. The van der Waals surface area contributed by atoms with Crippen molar-refractivity contribution in [2.45, 2.75) is 0 Å². The predicted molar refractivity (Wildman–Crippen MR) is 239 cm³/mol. The van der Waals surface area contributed by atoms with Gasteiger partial charge in [-0.15, -0.1) is 22.7 Å². The molecule has 0 nitrogen and oxygen atoms in total. The number of thiophene rings is 2. The van der Waals surface area contributed by atoms with E-state index in [0.717, 1.165) is 0 Å². The molecule has 0 N–H and O–H groups in total. The summed E-state index contributed by atoms with van der Waals surface area (Å²) in [5.41, 5.74) is 7.62. The van der Waals surface area contributed by atoms with E-state index in [2.05, 4.69) is 182 Å². The molecule has 54 heavy (non-hydrogen) atoms. The molecule has 0 amide bonds. The van der Waals surface area contributed by atoms with Crippen molar-refractivity contribution < 1.29 is 0 Å². The van der Waals surface area contributed by atoms with Crippen molar-refractivity contribution >= 4 is 106 Å². The van der Waals surface area contributed by atoms with Crippen LogP contribution in [0.1, 0.15) is 0 Å². The van der Waals surface area contributed by atoms with Gasteiger partial charge in [0, 0.05) is 40.3 Å². The second kappa shape index (κ2) is 11.6. The molecule has 2 heteroatoms. The number of benzene rings is 10. The van der Waals surface area contributed by atoms with E-state index < -0.39 is 0 Å². The van der Waals surface area contributed by atoms with Crippen molar-refractivity contribution in [1.29, 1.82) is 0 Å². The highest BCUT2D eigenvalue weighted by atomic mass is 32.1. The first-order valence-electron chi connectivity index (χ1n) is 18.5. The zero-order valence-corrected chi connectivity index (χ0v) is 30.8. The normalized spacial score (nSPS) is 12.1. The largest absolute Gasteiger partial charge is 0.135 e. The molecule has 10 aromatic carbocycles. The van der Waals surface area contributed by atoms with E-state index in [0.29, 0.717) is 0 Å². The van der Waals surface area contributed by atoms with E-state index in [-0.39, 0.29) is 0 Å². The molecular formula is C52H30S2. The molecule has 0 aliphatic carbocycles. The molecule has 12 rings (SSSR count). The minimum atomic E-state index is 1.24. The van der Waals surface area contributed by atoms with E-state index >= 15 is 0 Å². The second-order valence-corrected chi connectivity index (χ2v) is 16.4. The summed E-state index contributed by atoms with van der Waals surface area (Å²) in [7, 11) is 0. The third-order valence-electron chi connectivity index (χ3n) is 11.5. The average Bonchev–Trinajstić information content (AvgIpc) is 3.81. The van der Waals surface area contributed by atoms with Crippen molar-refractivity contribution in [3.8, 4) is 33.4 Å². The van der Waals surface area contributed by atoms with Crippen LogP contribution in [0.3, 0.4) is 0 Å². The van der Waals surface area contributed by atoms with E-state index in [1.807, 2.05) is 22.7 Å². The van der Waals surface area contributed by atoms with Crippen molar-refractivity contribution in [2.24, 2.45) is 0 Å². The lowest BCUT2D eigenvalue weighted by atomic mass is 9.84. The van der Waals surface area contributed by atoms with Gasteiger partial charge < -0.3 is 0 Å². The minimum absolute atomic E-state index is 1.24. The monoisotopic (exact) mass is 718 g/mol. The van der Waals surface area contributed by atoms with E-state index in [1.165, 1.54) is 117 Å². The molecule has 0 atom stereocenters. The van der Waals surface area contributed by atoms with E-state index in [4.69, 9.17) is 0 Å². The Morgan fingerprint density at radius 1 is 0.278 bits per heavy atom. The summed E-state index contributed by atoms with van der Waals surface area (Å²) in [4.78, 5) is 0. The van der Waals surface area contributed by atoms with E-state index in [1.54, 1.807) is 0 Å². The lowest BCUT2D eigenvalue weighted by Gasteiger charge is -2.19. The Balaban J connectivity index is 1.12. The molecule has 0 aliphatic heterocycles. The third-order valence-corrected chi connectivity index (χ3v) is 13.8. The van der Waals surface area contributed by atoms with Gasteiger partial charge in [0.2, 0.25) is 0 Å². The Hall–Kier alpha value is -6.32. The van der Waals surface area contributed by atoms with Crippen LogP contribution in [0, 0.1) is 0 Å². The predicted octanol–water partition coefficient (Wildman–Crippen LogP) is 16.0. The van der Waals surface area contributed by atoms with Crippen molar-refractivity contribution in [2.75, 3.05) is 0 Å². The highest BCUT2D eigenvalue weighted by molar-refractivity contribution is 7.30. The molecular weight excluding hydrogens is 689 g/mol. The standard InChI is InChI=1S/C52H30S2/c1-2-12-31(13-3-1)34-25-26-43(37-17-7-6-16-36(34)37)49-41-20-10-8-18-39(41)48(40-19-9-11-21-42(40)49)33-22-24-38-44-27-29-46-51(52(44)54-47(38)30-33)50-35-15-5-4-14-32(35)23-28-45(50)53-46/h1-30H. The topological polar surface area (TPSA) is 0 Å². The van der Waals surface area contributed by atoms with Gasteiger partial charge >= 0.3 is 0 Å². The first-order valence-corrected chi connectivity index (χ1v) is 20.1. The maximum Gasteiger partial charge on any atom is 0.0448 e. The van der Waals surface area contributed by atoms with E-state index in [9.17, 15) is 0 Å². The third kappa shape index (κ3) is 4.30. The number of rotatable bonds is 3. The molecule has 0 bridgehead atoms. The minimum Gasteiger partial charge on any atom is -0.135 e. The number of fused-ring (bicyclic) bond motifs is 12. The average molecular weight is 719 g/mol. The lowest BCUT2D eigenvalue weighted by molar-refractivity contribution is 1.64. The van der Waals surface area contributed by atoms with Gasteiger partial charge in [-0.2, -0.15) is 0 Å². The number of hydrogen-bond acceptors (Lipinski definition) is 2. The van der Waals surface area contributed by atoms with Gasteiger partial charge in [-0.05, 0) is 94.7 Å². The molecule has 0 unspecified atom stereocenters. The van der Waals surface area contributed by atoms with Crippen LogP contribution >= 0.6 is 22.7 Å². The molecule has 0 saturated carbocycles. The zero-order chi connectivity index (χ0) is 35.3. The second-order valence-electron chi connectivity index (χ2n) is 14.3. The first-order chi connectivity index (χ1) is 26.8. The van der Waals surface area contributed by atoms with Crippen LogP contribution in [-0.4, -0.2) is 0 Å². The quantitative estimate of drug-likeness (QED) is 0.160. The molecule has 0 saturated heterocycles. The fraction of sp³-hybridized carbons (Fsp3) is 0. The van der Waals surface area contributed by atoms with Crippen molar-refractivity contribution in [3.05, 3.63) is 182 Å². The summed E-state index contributed by atoms with van der Waals surface area (Å²) < 4.78 is 5.43. The van der Waals surface area contributed by atoms with Crippen molar-refractivity contribution in [3.63, 3.8) is 0 Å². The van der Waals surface area contributed by atoms with Gasteiger partial charge in [0.1, 0.15) is 0 Å². The molecule has 12 aromatic rings. The highest BCUT2D eigenvalue weighted by Crippen LogP contribution is 2.50. The van der Waals surface area contributed by atoms with Gasteiger partial charge in [0.15, 0.2) is 0 Å². The molecule has 0 aliphatic rings. The highest BCUT2D eigenvalue weighted by Gasteiger charge is 2.20. The van der Waals surface area contributed by atoms with Crippen LogP contribution in [-0.2, 0) is 0 Å². The van der Waals surface area contributed by atoms with Crippen molar-refractivity contribution in [1.82, 2.24) is 0 Å². The Kier molecular flexibility index (Phi) is 6.48. The summed E-state index contributed by atoms with van der Waals surface area (Å²) in [6.45, 7) is 0. The van der Waals surface area contributed by atoms with Gasteiger partial charge in [0.05, 0.1) is 0 Å². The maximum absolute atomic E-state index is 2.45. The van der Waals surface area contributed by atoms with Gasteiger partial charge in [-0.1, -0.05) is 164 Å². The fourth-order valence-corrected chi connectivity index (χ4v) is 11.6. The summed E-state index contributed by atoms with van der Waals surface area (Å²) in [5, 5.41) is 15.8. The molecule has 2 aromatic heterocycles. The summed E-state index contributed by atoms with van der Waals surface area (Å²) in [6, 6.07) is 67.7. The van der Waals surface area contributed by atoms with Gasteiger partial charge in [-0.3, -0.25) is 0 Å². The molecule has 0 radical (unpaired) electrons. The molecule has 0 spiro atoms. The van der Waals surface area contributed by atoms with Gasteiger partial charge in [0.25, 0.3) is 0 Å². The van der Waals surface area contributed by atoms with Crippen LogP contribution in [0.25, 0.3) is 117 Å². The van der Waals surface area contributed by atoms with Crippen LogP contribution in [0.4, 0.5) is 0 Å². The van der Waals surface area contributed by atoms with Crippen LogP contribution < -0.4 is 0 Å². The Labute approximate surface area is 319 Å². The number of hydrogen-bond donors (Lipinski definition) is 0. The van der Waals surface area contributed by atoms with Gasteiger partial charge in [-0.25, -0.2) is 0 Å². The van der Waals surface area contributed by atoms with Crippen LogP contribution in [0.2, 0.25) is 0 Å². The summed E-state index contributed by atoms with van der Waals surface area (Å²) >= 11 is 3.86. The SMILES string of the molecule is c1ccc(-c2ccc(-c3c4ccccc4c(-c4ccc5c(c4)sc4c5ccc5sc6ccc7ccccc7c6c54)c4ccccc34)c3ccccc23)cc1. The lowest BCUT2D eigenvalue weighted by Crippen LogP contribution is -1.92. The zero-order valence-electron chi connectivity index (χ0n) is 29.1. The summed E-state index contributed by atoms with van der Waals surface area (Å²) in [6.07, 6.45) is 0. The Morgan fingerprint density at radius 3 is 1.57 bits per heavy atom. The smallest absolute Gasteiger partial charge is 0.0448 e. The first kappa shape index (κ1) is 30.2. The molecule has 250 valence electrons. The maximum atomic E-state index is 2.45. The summed E-state index contributed by atoms with van der Waals surface area (Å²) in [5.74, 6) is 0. The Bertz CT molecular complexity index is 3430. The molecule has 0 fully saturated rings. The Morgan fingerprint density at radius 2 is 0.833 bits per heavy atom. The fourth-order valence-electron chi connectivity index (χ4n) is 9.13.